The van der Waals surface area contributed by atoms with Crippen molar-refractivity contribution in [2.24, 2.45) is 5.10 Å². The lowest BCUT2D eigenvalue weighted by Gasteiger charge is -2.20. The molecule has 1 N–H and O–H groups in total. The van der Waals surface area contributed by atoms with Crippen LogP contribution in [0.1, 0.15) is 23.8 Å². The Hall–Kier alpha value is -4.34. The number of nitrogens with zero attached hydrogens (tertiary/aromatic N) is 3. The Morgan fingerprint density at radius 2 is 2.00 bits per heavy atom. The van der Waals surface area contributed by atoms with E-state index in [0.29, 0.717) is 23.6 Å². The SMILES string of the molecule is COc1ccc(C2=NN(C(=O)CNc3cc([N+](=O)[O-])ccc3OC)[C@H](c3ccco3)C2)cc1. The van der Waals surface area contributed by atoms with Crippen LogP contribution >= 0.6 is 0 Å². The minimum Gasteiger partial charge on any atom is -0.497 e. The van der Waals surface area contributed by atoms with Gasteiger partial charge in [0.25, 0.3) is 11.6 Å². The fraction of sp³-hybridized carbons (Fsp3) is 0.217. The highest BCUT2D eigenvalue weighted by Gasteiger charge is 2.34. The number of carbonyl (C=O) groups is 1. The number of anilines is 1. The molecule has 3 aromatic rings. The van der Waals surface area contributed by atoms with Gasteiger partial charge in [-0.15, -0.1) is 0 Å². The summed E-state index contributed by atoms with van der Waals surface area (Å²) in [6.45, 7) is -0.145. The first kappa shape index (κ1) is 21.9. The maximum Gasteiger partial charge on any atom is 0.271 e. The second kappa shape index (κ2) is 9.43. The lowest BCUT2D eigenvalue weighted by molar-refractivity contribution is -0.384. The fourth-order valence-corrected chi connectivity index (χ4v) is 3.60. The zero-order chi connectivity index (χ0) is 23.4. The van der Waals surface area contributed by atoms with Gasteiger partial charge in [-0.1, -0.05) is 0 Å². The van der Waals surface area contributed by atoms with Gasteiger partial charge in [0, 0.05) is 18.6 Å². The normalized spacial score (nSPS) is 15.2. The van der Waals surface area contributed by atoms with Crippen LogP contribution in [0.3, 0.4) is 0 Å². The van der Waals surface area contributed by atoms with Gasteiger partial charge in [-0.25, -0.2) is 5.01 Å². The van der Waals surface area contributed by atoms with Crippen molar-refractivity contribution < 1.29 is 23.6 Å². The van der Waals surface area contributed by atoms with Crippen molar-refractivity contribution in [3.8, 4) is 11.5 Å². The first-order chi connectivity index (χ1) is 16.0. The zero-order valence-corrected chi connectivity index (χ0v) is 18.1. The minimum absolute atomic E-state index is 0.111. The van der Waals surface area contributed by atoms with E-state index < -0.39 is 11.0 Å². The molecule has 2 aromatic carbocycles. The topological polar surface area (TPSA) is 119 Å². The summed E-state index contributed by atoms with van der Waals surface area (Å²) in [7, 11) is 3.05. The number of carbonyl (C=O) groups excluding carboxylic acids is 1. The van der Waals surface area contributed by atoms with Gasteiger partial charge in [0.15, 0.2) is 0 Å². The van der Waals surface area contributed by atoms with Crippen molar-refractivity contribution in [2.45, 2.75) is 12.5 Å². The van der Waals surface area contributed by atoms with Crippen LogP contribution < -0.4 is 14.8 Å². The molecule has 0 aliphatic carbocycles. The van der Waals surface area contributed by atoms with E-state index in [2.05, 4.69) is 10.4 Å². The number of nitro groups is 1. The van der Waals surface area contributed by atoms with Gasteiger partial charge in [-0.05, 0) is 48.0 Å². The van der Waals surface area contributed by atoms with E-state index in [1.807, 2.05) is 24.3 Å². The molecular weight excluding hydrogens is 428 g/mol. The molecule has 1 atom stereocenters. The number of hydrogen-bond donors (Lipinski definition) is 1. The van der Waals surface area contributed by atoms with Crippen LogP contribution in [0.2, 0.25) is 0 Å². The number of hydrazone groups is 1. The van der Waals surface area contributed by atoms with E-state index in [1.54, 1.807) is 25.5 Å². The minimum atomic E-state index is -0.509. The third-order valence-corrected chi connectivity index (χ3v) is 5.28. The third kappa shape index (κ3) is 4.64. The number of nitro benzene ring substituents is 1. The van der Waals surface area contributed by atoms with Crippen LogP contribution in [-0.4, -0.2) is 42.3 Å². The summed E-state index contributed by atoms with van der Waals surface area (Å²) in [4.78, 5) is 23.7. The lowest BCUT2D eigenvalue weighted by atomic mass is 10.0. The van der Waals surface area contributed by atoms with Crippen LogP contribution in [0.15, 0.2) is 70.4 Å². The number of non-ortho nitro benzene ring substituents is 1. The van der Waals surface area contributed by atoms with E-state index in [4.69, 9.17) is 13.9 Å². The maximum absolute atomic E-state index is 13.1. The second-order valence-corrected chi connectivity index (χ2v) is 7.24. The maximum atomic E-state index is 13.1. The van der Waals surface area contributed by atoms with E-state index in [0.717, 1.165) is 17.0 Å². The summed E-state index contributed by atoms with van der Waals surface area (Å²) in [5.41, 5.74) is 1.84. The average Bonchev–Trinajstić information content (AvgIpc) is 3.52. The number of hydrogen-bond acceptors (Lipinski definition) is 8. The summed E-state index contributed by atoms with van der Waals surface area (Å²) < 4.78 is 16.0. The Balaban J connectivity index is 1.56. The predicted molar refractivity (Wildman–Crippen MR) is 121 cm³/mol. The number of benzene rings is 2. The first-order valence-electron chi connectivity index (χ1n) is 10.1. The molecule has 1 aromatic heterocycles. The third-order valence-electron chi connectivity index (χ3n) is 5.28. The Morgan fingerprint density at radius 3 is 2.64 bits per heavy atom. The molecule has 33 heavy (non-hydrogen) atoms. The van der Waals surface area contributed by atoms with Gasteiger partial charge in [-0.3, -0.25) is 14.9 Å². The largest absolute Gasteiger partial charge is 0.497 e. The molecule has 0 spiro atoms. The number of methoxy groups -OCH3 is 2. The average molecular weight is 450 g/mol. The summed E-state index contributed by atoms with van der Waals surface area (Å²) in [5, 5.41) is 20.0. The van der Waals surface area contributed by atoms with Gasteiger partial charge in [-0.2, -0.15) is 5.10 Å². The molecule has 1 aliphatic rings. The summed E-state index contributed by atoms with van der Waals surface area (Å²) >= 11 is 0. The Morgan fingerprint density at radius 1 is 1.21 bits per heavy atom. The summed E-state index contributed by atoms with van der Waals surface area (Å²) in [6, 6.07) is 14.7. The number of furan rings is 1. The van der Waals surface area contributed by atoms with Crippen molar-refractivity contribution in [1.82, 2.24) is 5.01 Å². The molecule has 1 amide bonds. The van der Waals surface area contributed by atoms with Crippen LogP contribution in [0.5, 0.6) is 11.5 Å². The molecule has 2 heterocycles. The molecule has 0 saturated carbocycles. The molecule has 0 radical (unpaired) electrons. The number of amides is 1. The molecule has 4 rings (SSSR count). The Bertz CT molecular complexity index is 1170. The predicted octanol–water partition coefficient (Wildman–Crippen LogP) is 3.99. The second-order valence-electron chi connectivity index (χ2n) is 7.24. The number of ether oxygens (including phenoxy) is 2. The van der Waals surface area contributed by atoms with Gasteiger partial charge >= 0.3 is 0 Å². The molecule has 0 saturated heterocycles. The molecule has 10 heteroatoms. The Labute approximate surface area is 189 Å². The molecule has 0 unspecified atom stereocenters. The molecule has 0 bridgehead atoms. The number of nitrogens with one attached hydrogen (secondary N) is 1. The lowest BCUT2D eigenvalue weighted by Crippen LogP contribution is -2.32. The van der Waals surface area contributed by atoms with Crippen molar-refractivity contribution in [3.05, 3.63) is 82.3 Å². The van der Waals surface area contributed by atoms with Crippen molar-refractivity contribution in [3.63, 3.8) is 0 Å². The van der Waals surface area contributed by atoms with E-state index in [1.165, 1.54) is 30.3 Å². The molecule has 170 valence electrons. The van der Waals surface area contributed by atoms with Crippen molar-refractivity contribution in [2.75, 3.05) is 26.1 Å². The highest BCUT2D eigenvalue weighted by atomic mass is 16.6. The monoisotopic (exact) mass is 450 g/mol. The van der Waals surface area contributed by atoms with Gasteiger partial charge in [0.05, 0.1) is 43.3 Å². The van der Waals surface area contributed by atoms with Crippen LogP contribution in [0.25, 0.3) is 0 Å². The molecule has 0 fully saturated rings. The van der Waals surface area contributed by atoms with Gasteiger partial charge in [0.2, 0.25) is 0 Å². The van der Waals surface area contributed by atoms with Gasteiger partial charge < -0.3 is 19.2 Å². The number of rotatable bonds is 8. The Kier molecular flexibility index (Phi) is 6.25. The van der Waals surface area contributed by atoms with E-state index >= 15 is 0 Å². The van der Waals surface area contributed by atoms with Crippen LogP contribution in [0.4, 0.5) is 11.4 Å². The smallest absolute Gasteiger partial charge is 0.271 e. The fourth-order valence-electron chi connectivity index (χ4n) is 3.60. The molecule has 1 aliphatic heterocycles. The highest BCUT2D eigenvalue weighted by Crippen LogP contribution is 2.34. The summed E-state index contributed by atoms with van der Waals surface area (Å²) in [6.07, 6.45) is 2.03. The highest BCUT2D eigenvalue weighted by molar-refractivity contribution is 6.03. The van der Waals surface area contributed by atoms with Crippen molar-refractivity contribution >= 4 is 23.0 Å². The summed E-state index contributed by atoms with van der Waals surface area (Å²) in [5.74, 6) is 1.40. The van der Waals surface area contributed by atoms with Gasteiger partial charge in [0.1, 0.15) is 23.3 Å². The van der Waals surface area contributed by atoms with E-state index in [9.17, 15) is 14.9 Å². The van der Waals surface area contributed by atoms with Crippen molar-refractivity contribution in [1.29, 1.82) is 0 Å². The quantitative estimate of drug-likeness (QED) is 0.407. The van der Waals surface area contributed by atoms with E-state index in [-0.39, 0.29) is 18.1 Å². The van der Waals surface area contributed by atoms with Crippen LogP contribution in [-0.2, 0) is 4.79 Å². The standard InChI is InChI=1S/C23H22N4O6/c1-31-17-8-5-15(6-9-17)18-13-20(22-4-3-11-33-22)26(25-18)23(28)14-24-19-12-16(27(29)30)7-10-21(19)32-2/h3-12,20,24H,13-14H2,1-2H3/t20-/m0/s1. The molecular formula is C23H22N4O6. The first-order valence-corrected chi connectivity index (χ1v) is 10.1. The molecule has 10 nitrogen and oxygen atoms in total. The van der Waals surface area contributed by atoms with Crippen LogP contribution in [0, 0.1) is 10.1 Å². The zero-order valence-electron chi connectivity index (χ0n) is 18.1.